The first-order chi connectivity index (χ1) is 10.3. The van der Waals surface area contributed by atoms with Crippen LogP contribution in [0.4, 0.5) is 0 Å². The lowest BCUT2D eigenvalue weighted by atomic mass is 9.79. The Morgan fingerprint density at radius 1 is 1.19 bits per heavy atom. The van der Waals surface area contributed by atoms with E-state index in [9.17, 15) is 0 Å². The molecular formula is C17H30N4. The molecule has 1 aliphatic heterocycles. The molecule has 4 heteroatoms. The van der Waals surface area contributed by atoms with E-state index < -0.39 is 0 Å². The van der Waals surface area contributed by atoms with Gasteiger partial charge < -0.3 is 9.88 Å². The van der Waals surface area contributed by atoms with Crippen LogP contribution in [0.25, 0.3) is 0 Å². The molecule has 1 aliphatic carbocycles. The maximum Gasteiger partial charge on any atom is 0.122 e. The van der Waals surface area contributed by atoms with Crippen molar-refractivity contribution in [2.24, 2.45) is 5.41 Å². The maximum absolute atomic E-state index is 4.51. The van der Waals surface area contributed by atoms with Gasteiger partial charge in [-0.2, -0.15) is 0 Å². The van der Waals surface area contributed by atoms with E-state index in [1.807, 2.05) is 6.20 Å². The second-order valence-corrected chi connectivity index (χ2v) is 6.94. The average molecular weight is 290 g/mol. The van der Waals surface area contributed by atoms with Crippen molar-refractivity contribution in [1.29, 1.82) is 0 Å². The summed E-state index contributed by atoms with van der Waals surface area (Å²) >= 11 is 0. The van der Waals surface area contributed by atoms with Crippen LogP contribution < -0.4 is 5.32 Å². The van der Waals surface area contributed by atoms with Gasteiger partial charge in [-0.05, 0) is 24.8 Å². The van der Waals surface area contributed by atoms with Gasteiger partial charge >= 0.3 is 0 Å². The molecule has 0 radical (unpaired) electrons. The zero-order valence-electron chi connectivity index (χ0n) is 13.5. The van der Waals surface area contributed by atoms with Gasteiger partial charge in [-0.15, -0.1) is 0 Å². The van der Waals surface area contributed by atoms with Crippen LogP contribution in [0.2, 0.25) is 0 Å². The molecule has 0 amide bonds. The van der Waals surface area contributed by atoms with Gasteiger partial charge in [-0.25, -0.2) is 4.98 Å². The second-order valence-electron chi connectivity index (χ2n) is 6.94. The van der Waals surface area contributed by atoms with Gasteiger partial charge in [-0.1, -0.05) is 32.6 Å². The lowest BCUT2D eigenvalue weighted by molar-refractivity contribution is 0.104. The van der Waals surface area contributed by atoms with Crippen molar-refractivity contribution in [2.75, 3.05) is 26.2 Å². The van der Waals surface area contributed by atoms with E-state index in [-0.39, 0.29) is 0 Å². The molecule has 21 heavy (non-hydrogen) atoms. The van der Waals surface area contributed by atoms with Crippen molar-refractivity contribution in [3.05, 3.63) is 18.2 Å². The van der Waals surface area contributed by atoms with Crippen LogP contribution in [-0.2, 0) is 13.1 Å². The van der Waals surface area contributed by atoms with Crippen LogP contribution >= 0.6 is 0 Å². The van der Waals surface area contributed by atoms with Gasteiger partial charge in [0.15, 0.2) is 0 Å². The average Bonchev–Trinajstić information content (AvgIpc) is 2.84. The molecule has 0 bridgehead atoms. The Bertz CT molecular complexity index is 432. The molecule has 0 unspecified atom stereocenters. The molecule has 1 aromatic rings. The molecule has 1 aromatic heterocycles. The molecular weight excluding hydrogens is 260 g/mol. The first-order valence-corrected chi connectivity index (χ1v) is 8.74. The number of nitrogens with zero attached hydrogens (tertiary/aromatic N) is 3. The molecule has 4 nitrogen and oxygen atoms in total. The first kappa shape index (κ1) is 15.0. The zero-order chi connectivity index (χ0) is 14.5. The maximum atomic E-state index is 4.51. The van der Waals surface area contributed by atoms with Crippen molar-refractivity contribution in [2.45, 2.75) is 58.5 Å². The predicted molar refractivity (Wildman–Crippen MR) is 86.2 cm³/mol. The Hall–Kier alpha value is -0.870. The number of fused-ring (bicyclic) bond motifs is 1. The van der Waals surface area contributed by atoms with Crippen LogP contribution in [0.1, 0.15) is 51.3 Å². The fraction of sp³-hybridized carbons (Fsp3) is 0.824. The quantitative estimate of drug-likeness (QED) is 0.846. The summed E-state index contributed by atoms with van der Waals surface area (Å²) in [5, 5.41) is 3.64. The van der Waals surface area contributed by atoms with Crippen LogP contribution in [-0.4, -0.2) is 40.6 Å². The summed E-state index contributed by atoms with van der Waals surface area (Å²) in [4.78, 5) is 7.15. The van der Waals surface area contributed by atoms with Crippen molar-refractivity contribution >= 4 is 0 Å². The number of aromatic nitrogens is 2. The number of rotatable bonds is 5. The third-order valence-corrected chi connectivity index (χ3v) is 5.30. The van der Waals surface area contributed by atoms with Crippen molar-refractivity contribution in [3.8, 4) is 0 Å². The normalized spacial score (nSPS) is 22.7. The lowest BCUT2D eigenvalue weighted by Crippen LogP contribution is -2.46. The Labute approximate surface area is 128 Å². The van der Waals surface area contributed by atoms with Crippen LogP contribution in [0, 0.1) is 5.41 Å². The standard InChI is InChI=1S/C17H30N4/c1-2-18-14-17(7-5-3-4-6-8-17)15-20-11-12-21-10-9-19-16(21)13-20/h9-10,18H,2-8,11-15H2,1H3. The summed E-state index contributed by atoms with van der Waals surface area (Å²) in [6.07, 6.45) is 12.5. The minimum atomic E-state index is 0.487. The second kappa shape index (κ2) is 6.93. The molecule has 2 aliphatic rings. The van der Waals surface area contributed by atoms with E-state index in [1.165, 1.54) is 64.0 Å². The van der Waals surface area contributed by atoms with Crippen LogP contribution in [0.5, 0.6) is 0 Å². The third kappa shape index (κ3) is 3.67. The Morgan fingerprint density at radius 3 is 2.76 bits per heavy atom. The monoisotopic (exact) mass is 290 g/mol. The highest BCUT2D eigenvalue weighted by Crippen LogP contribution is 2.36. The van der Waals surface area contributed by atoms with Crippen LogP contribution in [0.3, 0.4) is 0 Å². The smallest absolute Gasteiger partial charge is 0.122 e. The van der Waals surface area contributed by atoms with Gasteiger partial charge in [0, 0.05) is 38.6 Å². The predicted octanol–water partition coefficient (Wildman–Crippen LogP) is 2.65. The SMILES string of the molecule is CCNCC1(CN2CCn3ccnc3C2)CCCCCC1. The highest BCUT2D eigenvalue weighted by molar-refractivity contribution is 4.97. The molecule has 0 saturated heterocycles. The van der Waals surface area contributed by atoms with Gasteiger partial charge in [0.05, 0.1) is 6.54 Å². The zero-order valence-corrected chi connectivity index (χ0v) is 13.5. The van der Waals surface area contributed by atoms with Crippen LogP contribution in [0.15, 0.2) is 12.4 Å². The lowest BCUT2D eigenvalue weighted by Gasteiger charge is -2.39. The molecule has 2 heterocycles. The molecule has 118 valence electrons. The summed E-state index contributed by atoms with van der Waals surface area (Å²) in [7, 11) is 0. The van der Waals surface area contributed by atoms with Crippen molar-refractivity contribution in [3.63, 3.8) is 0 Å². The Morgan fingerprint density at radius 2 is 2.00 bits per heavy atom. The molecule has 3 rings (SSSR count). The number of nitrogens with one attached hydrogen (secondary N) is 1. The molecule has 0 aromatic carbocycles. The number of hydrogen-bond acceptors (Lipinski definition) is 3. The fourth-order valence-electron chi connectivity index (χ4n) is 4.09. The summed E-state index contributed by atoms with van der Waals surface area (Å²) in [5.41, 5.74) is 0.487. The molecule has 0 atom stereocenters. The Kier molecular flexibility index (Phi) is 4.96. The van der Waals surface area contributed by atoms with E-state index in [4.69, 9.17) is 0 Å². The molecule has 1 fully saturated rings. The topological polar surface area (TPSA) is 33.1 Å². The van der Waals surface area contributed by atoms with Gasteiger partial charge in [-0.3, -0.25) is 4.90 Å². The van der Waals surface area contributed by atoms with Gasteiger partial charge in [0.1, 0.15) is 5.82 Å². The van der Waals surface area contributed by atoms with E-state index >= 15 is 0 Å². The van der Waals surface area contributed by atoms with E-state index in [1.54, 1.807) is 0 Å². The summed E-state index contributed by atoms with van der Waals surface area (Å²) in [5.74, 6) is 1.24. The van der Waals surface area contributed by atoms with E-state index in [0.717, 1.165) is 19.6 Å². The number of hydrogen-bond donors (Lipinski definition) is 1. The minimum absolute atomic E-state index is 0.487. The largest absolute Gasteiger partial charge is 0.333 e. The fourth-order valence-corrected chi connectivity index (χ4v) is 4.09. The molecule has 0 spiro atoms. The van der Waals surface area contributed by atoms with Crippen molar-refractivity contribution in [1.82, 2.24) is 19.8 Å². The third-order valence-electron chi connectivity index (χ3n) is 5.30. The highest BCUT2D eigenvalue weighted by atomic mass is 15.2. The van der Waals surface area contributed by atoms with Gasteiger partial charge in [0.25, 0.3) is 0 Å². The van der Waals surface area contributed by atoms with E-state index in [2.05, 4.69) is 32.9 Å². The highest BCUT2D eigenvalue weighted by Gasteiger charge is 2.33. The Balaban J connectivity index is 1.66. The summed E-state index contributed by atoms with van der Waals surface area (Å²) in [6.45, 7) is 9.06. The van der Waals surface area contributed by atoms with Gasteiger partial charge in [0.2, 0.25) is 0 Å². The molecule has 1 N–H and O–H groups in total. The van der Waals surface area contributed by atoms with E-state index in [0.29, 0.717) is 5.41 Å². The molecule has 1 saturated carbocycles. The first-order valence-electron chi connectivity index (χ1n) is 8.74. The summed E-state index contributed by atoms with van der Waals surface area (Å²) < 4.78 is 2.31. The minimum Gasteiger partial charge on any atom is -0.333 e. The number of imidazole rings is 1. The van der Waals surface area contributed by atoms with Crippen molar-refractivity contribution < 1.29 is 0 Å². The summed E-state index contributed by atoms with van der Waals surface area (Å²) in [6, 6.07) is 0.